The SMILES string of the molecule is COc1ccc(-c2ccc3c(NC(=O)Cc4cccc(OC)c4)n[nH]c3c2)cc1. The average molecular weight is 387 g/mol. The highest BCUT2D eigenvalue weighted by Crippen LogP contribution is 2.28. The maximum absolute atomic E-state index is 12.5. The number of nitrogens with zero attached hydrogens (tertiary/aromatic N) is 1. The smallest absolute Gasteiger partial charge is 0.230 e. The van der Waals surface area contributed by atoms with Gasteiger partial charge in [-0.2, -0.15) is 5.10 Å². The highest BCUT2D eigenvalue weighted by atomic mass is 16.5. The zero-order valence-electron chi connectivity index (χ0n) is 16.2. The first kappa shape index (κ1) is 18.6. The zero-order chi connectivity index (χ0) is 20.2. The highest BCUT2D eigenvalue weighted by molar-refractivity contribution is 6.01. The van der Waals surface area contributed by atoms with Crippen LogP contribution in [0.2, 0.25) is 0 Å². The molecular weight excluding hydrogens is 366 g/mol. The fourth-order valence-corrected chi connectivity index (χ4v) is 3.22. The molecule has 1 heterocycles. The molecule has 0 bridgehead atoms. The lowest BCUT2D eigenvalue weighted by Crippen LogP contribution is -2.14. The number of hydrogen-bond donors (Lipinski definition) is 2. The van der Waals surface area contributed by atoms with Crippen LogP contribution in [-0.2, 0) is 11.2 Å². The Morgan fingerprint density at radius 3 is 2.45 bits per heavy atom. The number of amides is 1. The van der Waals surface area contributed by atoms with Gasteiger partial charge in [-0.3, -0.25) is 9.89 Å². The molecule has 0 aliphatic rings. The molecule has 4 rings (SSSR count). The van der Waals surface area contributed by atoms with Crippen LogP contribution in [0.1, 0.15) is 5.56 Å². The van der Waals surface area contributed by atoms with Gasteiger partial charge >= 0.3 is 0 Å². The van der Waals surface area contributed by atoms with Crippen LogP contribution in [0.15, 0.2) is 66.7 Å². The number of rotatable bonds is 6. The van der Waals surface area contributed by atoms with Crippen LogP contribution in [-0.4, -0.2) is 30.3 Å². The van der Waals surface area contributed by atoms with Gasteiger partial charge in [-0.25, -0.2) is 0 Å². The summed E-state index contributed by atoms with van der Waals surface area (Å²) in [6, 6.07) is 21.3. The molecular formula is C23H21N3O3. The minimum Gasteiger partial charge on any atom is -0.497 e. The van der Waals surface area contributed by atoms with Crippen molar-refractivity contribution in [2.75, 3.05) is 19.5 Å². The van der Waals surface area contributed by atoms with Gasteiger partial charge in [0.15, 0.2) is 5.82 Å². The number of methoxy groups -OCH3 is 2. The Hall–Kier alpha value is -3.80. The van der Waals surface area contributed by atoms with Crippen LogP contribution >= 0.6 is 0 Å². The van der Waals surface area contributed by atoms with E-state index in [1.165, 1.54) is 0 Å². The maximum Gasteiger partial charge on any atom is 0.230 e. The Balaban J connectivity index is 1.51. The summed E-state index contributed by atoms with van der Waals surface area (Å²) in [6.07, 6.45) is 0.246. The number of hydrogen-bond acceptors (Lipinski definition) is 4. The zero-order valence-corrected chi connectivity index (χ0v) is 16.2. The van der Waals surface area contributed by atoms with E-state index in [1.807, 2.05) is 66.7 Å². The molecule has 0 spiro atoms. The van der Waals surface area contributed by atoms with Gasteiger partial charge in [-0.15, -0.1) is 0 Å². The Kier molecular flexibility index (Phi) is 5.16. The molecule has 0 saturated heterocycles. The Bertz CT molecular complexity index is 1150. The summed E-state index contributed by atoms with van der Waals surface area (Å²) in [7, 11) is 3.25. The third-order valence-electron chi connectivity index (χ3n) is 4.74. The van der Waals surface area contributed by atoms with Gasteiger partial charge in [-0.05, 0) is 53.1 Å². The Labute approximate surface area is 168 Å². The van der Waals surface area contributed by atoms with E-state index in [2.05, 4.69) is 15.5 Å². The number of nitrogens with one attached hydrogen (secondary N) is 2. The van der Waals surface area contributed by atoms with Gasteiger partial charge in [0.2, 0.25) is 5.91 Å². The number of aromatic amines is 1. The summed E-state index contributed by atoms with van der Waals surface area (Å²) in [4.78, 5) is 12.5. The minimum absolute atomic E-state index is 0.133. The number of carbonyl (C=O) groups excluding carboxylic acids is 1. The van der Waals surface area contributed by atoms with Crippen molar-refractivity contribution in [1.82, 2.24) is 10.2 Å². The average Bonchev–Trinajstić information content (AvgIpc) is 3.15. The van der Waals surface area contributed by atoms with Crippen molar-refractivity contribution >= 4 is 22.6 Å². The first-order chi connectivity index (χ1) is 14.2. The van der Waals surface area contributed by atoms with E-state index in [0.29, 0.717) is 5.82 Å². The molecule has 6 nitrogen and oxygen atoms in total. The van der Waals surface area contributed by atoms with Crippen molar-refractivity contribution in [3.8, 4) is 22.6 Å². The molecule has 146 valence electrons. The molecule has 0 saturated carbocycles. The van der Waals surface area contributed by atoms with Gasteiger partial charge in [0, 0.05) is 5.39 Å². The fourth-order valence-electron chi connectivity index (χ4n) is 3.22. The maximum atomic E-state index is 12.5. The second-order valence-electron chi connectivity index (χ2n) is 6.64. The molecule has 0 atom stereocenters. The van der Waals surface area contributed by atoms with Gasteiger partial charge in [0.1, 0.15) is 11.5 Å². The van der Waals surface area contributed by atoms with Crippen LogP contribution in [0.3, 0.4) is 0 Å². The number of anilines is 1. The van der Waals surface area contributed by atoms with Crippen LogP contribution in [0.25, 0.3) is 22.0 Å². The molecule has 29 heavy (non-hydrogen) atoms. The van der Waals surface area contributed by atoms with Crippen molar-refractivity contribution in [3.63, 3.8) is 0 Å². The molecule has 1 amide bonds. The number of aromatic nitrogens is 2. The van der Waals surface area contributed by atoms with Gasteiger partial charge in [0.05, 0.1) is 26.2 Å². The molecule has 4 aromatic rings. The van der Waals surface area contributed by atoms with Gasteiger partial charge in [-0.1, -0.05) is 30.3 Å². The molecule has 1 aromatic heterocycles. The van der Waals surface area contributed by atoms with E-state index in [0.717, 1.165) is 39.1 Å². The highest BCUT2D eigenvalue weighted by Gasteiger charge is 2.11. The normalized spacial score (nSPS) is 10.7. The second kappa shape index (κ2) is 8.06. The van der Waals surface area contributed by atoms with E-state index in [4.69, 9.17) is 9.47 Å². The summed E-state index contributed by atoms with van der Waals surface area (Å²) in [5.74, 6) is 1.93. The Morgan fingerprint density at radius 2 is 1.69 bits per heavy atom. The van der Waals surface area contributed by atoms with Crippen LogP contribution in [0.4, 0.5) is 5.82 Å². The standard InChI is InChI=1S/C23H21N3O3/c1-28-18-9-6-16(7-10-18)17-8-11-20-21(14-17)25-26-23(20)24-22(27)13-15-4-3-5-19(12-15)29-2/h3-12,14H,13H2,1-2H3,(H2,24,25,26,27). The first-order valence-electron chi connectivity index (χ1n) is 9.21. The molecule has 0 fully saturated rings. The summed E-state index contributed by atoms with van der Waals surface area (Å²) in [5, 5.41) is 11.0. The molecule has 0 aliphatic carbocycles. The molecule has 0 unspecified atom stereocenters. The first-order valence-corrected chi connectivity index (χ1v) is 9.21. The second-order valence-corrected chi connectivity index (χ2v) is 6.64. The van der Waals surface area contributed by atoms with Gasteiger partial charge < -0.3 is 14.8 Å². The van der Waals surface area contributed by atoms with E-state index in [9.17, 15) is 4.79 Å². The lowest BCUT2D eigenvalue weighted by molar-refractivity contribution is -0.115. The van der Waals surface area contributed by atoms with Crippen molar-refractivity contribution in [2.24, 2.45) is 0 Å². The largest absolute Gasteiger partial charge is 0.497 e. The van der Waals surface area contributed by atoms with Crippen molar-refractivity contribution in [3.05, 3.63) is 72.3 Å². The fraction of sp³-hybridized carbons (Fsp3) is 0.130. The summed E-state index contributed by atoms with van der Waals surface area (Å²) in [6.45, 7) is 0. The Morgan fingerprint density at radius 1 is 0.931 bits per heavy atom. The molecule has 6 heteroatoms. The molecule has 0 radical (unpaired) electrons. The predicted octanol–water partition coefficient (Wildman–Crippen LogP) is 4.43. The van der Waals surface area contributed by atoms with E-state index in [1.54, 1.807) is 14.2 Å². The monoisotopic (exact) mass is 387 g/mol. The topological polar surface area (TPSA) is 76.2 Å². The van der Waals surface area contributed by atoms with Crippen LogP contribution < -0.4 is 14.8 Å². The summed E-state index contributed by atoms with van der Waals surface area (Å²) in [5.41, 5.74) is 3.86. The minimum atomic E-state index is -0.133. The summed E-state index contributed by atoms with van der Waals surface area (Å²) >= 11 is 0. The number of H-pyrrole nitrogens is 1. The predicted molar refractivity (Wildman–Crippen MR) is 113 cm³/mol. The lowest BCUT2D eigenvalue weighted by atomic mass is 10.0. The molecule has 3 aromatic carbocycles. The number of carbonyl (C=O) groups is 1. The quantitative estimate of drug-likeness (QED) is 0.513. The lowest BCUT2D eigenvalue weighted by Gasteiger charge is -2.06. The van der Waals surface area contributed by atoms with Crippen molar-refractivity contribution < 1.29 is 14.3 Å². The van der Waals surface area contributed by atoms with Crippen LogP contribution in [0.5, 0.6) is 11.5 Å². The third kappa shape index (κ3) is 4.06. The summed E-state index contributed by atoms with van der Waals surface area (Å²) < 4.78 is 10.4. The number of fused-ring (bicyclic) bond motifs is 1. The number of ether oxygens (including phenoxy) is 2. The third-order valence-corrected chi connectivity index (χ3v) is 4.74. The van der Waals surface area contributed by atoms with Crippen molar-refractivity contribution in [2.45, 2.75) is 6.42 Å². The van der Waals surface area contributed by atoms with E-state index in [-0.39, 0.29) is 12.3 Å². The van der Waals surface area contributed by atoms with Gasteiger partial charge in [0.25, 0.3) is 0 Å². The van der Waals surface area contributed by atoms with E-state index < -0.39 is 0 Å². The van der Waals surface area contributed by atoms with E-state index >= 15 is 0 Å². The van der Waals surface area contributed by atoms with Crippen LogP contribution in [0, 0.1) is 0 Å². The number of benzene rings is 3. The van der Waals surface area contributed by atoms with Crippen molar-refractivity contribution in [1.29, 1.82) is 0 Å². The molecule has 0 aliphatic heterocycles. The molecule has 2 N–H and O–H groups in total.